The van der Waals surface area contributed by atoms with Crippen LogP contribution in [0.2, 0.25) is 0 Å². The van der Waals surface area contributed by atoms with Crippen molar-refractivity contribution in [3.05, 3.63) is 65.2 Å². The summed E-state index contributed by atoms with van der Waals surface area (Å²) in [6, 6.07) is 18.4. The second-order valence-corrected chi connectivity index (χ2v) is 6.70. The highest BCUT2D eigenvalue weighted by molar-refractivity contribution is 8.03. The Morgan fingerprint density at radius 2 is 2.04 bits per heavy atom. The van der Waals surface area contributed by atoms with Crippen LogP contribution >= 0.6 is 11.8 Å². The van der Waals surface area contributed by atoms with E-state index < -0.39 is 0 Å². The highest BCUT2D eigenvalue weighted by Crippen LogP contribution is 2.30. The summed E-state index contributed by atoms with van der Waals surface area (Å²) >= 11 is 1.36. The molecule has 0 unspecified atom stereocenters. The highest BCUT2D eigenvalue weighted by atomic mass is 32.2. The van der Waals surface area contributed by atoms with Crippen molar-refractivity contribution in [3.63, 3.8) is 0 Å². The number of aryl methyl sites for hydroxylation is 1. The van der Waals surface area contributed by atoms with Gasteiger partial charge < -0.3 is 9.55 Å². The zero-order valence-corrected chi connectivity index (χ0v) is 14.5. The molecule has 0 aliphatic carbocycles. The molecule has 0 atom stereocenters. The quantitative estimate of drug-likeness (QED) is 0.409. The van der Waals surface area contributed by atoms with Crippen LogP contribution in [0.4, 0.5) is 0 Å². The molecule has 4 aromatic rings. The number of allylic oxidation sites excluding steroid dienone is 1. The Hall–Kier alpha value is -2.97. The molecule has 0 fully saturated rings. The SMILES string of the molecule is CCn1cc(/C=C(\C#N)Sc2nc3ccccc3[nH]2)c2ccccc21. The number of nitrogens with one attached hydrogen (secondary N) is 1. The number of hydrogen-bond donors (Lipinski definition) is 1. The molecule has 0 aliphatic heterocycles. The number of aromatic nitrogens is 3. The van der Waals surface area contributed by atoms with Gasteiger partial charge in [0.2, 0.25) is 0 Å². The number of thioether (sulfide) groups is 1. The first-order valence-electron chi connectivity index (χ1n) is 8.10. The van der Waals surface area contributed by atoms with E-state index in [1.165, 1.54) is 17.3 Å². The normalized spacial score (nSPS) is 11.9. The van der Waals surface area contributed by atoms with Crippen molar-refractivity contribution in [2.75, 3.05) is 0 Å². The van der Waals surface area contributed by atoms with Crippen molar-refractivity contribution >= 4 is 39.8 Å². The van der Waals surface area contributed by atoms with E-state index in [4.69, 9.17) is 0 Å². The topological polar surface area (TPSA) is 57.4 Å². The van der Waals surface area contributed by atoms with Gasteiger partial charge in [0.25, 0.3) is 0 Å². The molecule has 0 bridgehead atoms. The van der Waals surface area contributed by atoms with Crippen LogP contribution in [0, 0.1) is 11.3 Å². The summed E-state index contributed by atoms with van der Waals surface area (Å²) in [5, 5.41) is 11.5. The van der Waals surface area contributed by atoms with Gasteiger partial charge in [-0.3, -0.25) is 0 Å². The third-order valence-electron chi connectivity index (χ3n) is 4.13. The number of nitrogens with zero attached hydrogens (tertiary/aromatic N) is 3. The van der Waals surface area contributed by atoms with E-state index in [-0.39, 0.29) is 0 Å². The summed E-state index contributed by atoms with van der Waals surface area (Å²) in [5.41, 5.74) is 4.12. The highest BCUT2D eigenvalue weighted by Gasteiger charge is 2.09. The molecular formula is C20H16N4S. The zero-order valence-electron chi connectivity index (χ0n) is 13.7. The van der Waals surface area contributed by atoms with Crippen LogP contribution in [-0.4, -0.2) is 14.5 Å². The van der Waals surface area contributed by atoms with Gasteiger partial charge >= 0.3 is 0 Å². The number of rotatable bonds is 4. The zero-order chi connectivity index (χ0) is 17.2. The molecule has 1 N–H and O–H groups in total. The van der Waals surface area contributed by atoms with Crippen molar-refractivity contribution in [2.45, 2.75) is 18.6 Å². The van der Waals surface area contributed by atoms with Crippen molar-refractivity contribution in [1.29, 1.82) is 5.26 Å². The standard InChI is InChI=1S/C20H16N4S/c1-2-24-13-14(16-7-3-6-10-19(16)24)11-15(12-21)25-20-22-17-8-4-5-9-18(17)23-20/h3-11,13H,2H2,1H3,(H,22,23)/b15-11+. The Kier molecular flexibility index (Phi) is 4.04. The average Bonchev–Trinajstić information content (AvgIpc) is 3.22. The predicted octanol–water partition coefficient (Wildman–Crippen LogP) is 5.19. The second-order valence-electron chi connectivity index (χ2n) is 5.67. The summed E-state index contributed by atoms with van der Waals surface area (Å²) in [4.78, 5) is 8.40. The van der Waals surface area contributed by atoms with E-state index in [9.17, 15) is 5.26 Å². The van der Waals surface area contributed by atoms with Crippen molar-refractivity contribution in [2.24, 2.45) is 0 Å². The molecule has 0 aliphatic rings. The largest absolute Gasteiger partial charge is 0.347 e. The van der Waals surface area contributed by atoms with Crippen LogP contribution < -0.4 is 0 Å². The number of fused-ring (bicyclic) bond motifs is 2. The first kappa shape index (κ1) is 15.6. The Morgan fingerprint density at radius 3 is 2.84 bits per heavy atom. The molecule has 25 heavy (non-hydrogen) atoms. The van der Waals surface area contributed by atoms with Gasteiger partial charge in [0.05, 0.1) is 15.9 Å². The molecule has 5 heteroatoms. The van der Waals surface area contributed by atoms with Gasteiger partial charge in [0.1, 0.15) is 6.07 Å². The molecule has 0 radical (unpaired) electrons. The van der Waals surface area contributed by atoms with Crippen LogP contribution in [0.3, 0.4) is 0 Å². The Bertz CT molecular complexity index is 1090. The first-order valence-corrected chi connectivity index (χ1v) is 8.92. The van der Waals surface area contributed by atoms with Crippen LogP contribution in [-0.2, 0) is 6.54 Å². The van der Waals surface area contributed by atoms with E-state index >= 15 is 0 Å². The van der Waals surface area contributed by atoms with Gasteiger partial charge in [-0.25, -0.2) is 4.98 Å². The molecule has 0 saturated carbocycles. The lowest BCUT2D eigenvalue weighted by molar-refractivity contribution is 0.797. The lowest BCUT2D eigenvalue weighted by Gasteiger charge is -1.98. The minimum Gasteiger partial charge on any atom is -0.347 e. The fraction of sp³-hybridized carbons (Fsp3) is 0.100. The third-order valence-corrected chi connectivity index (χ3v) is 4.95. The maximum atomic E-state index is 9.57. The second kappa shape index (κ2) is 6.50. The minimum atomic E-state index is 0.609. The summed E-state index contributed by atoms with van der Waals surface area (Å²) in [6.07, 6.45) is 4.04. The maximum Gasteiger partial charge on any atom is 0.171 e. The number of H-pyrrole nitrogens is 1. The van der Waals surface area contributed by atoms with Gasteiger partial charge in [0, 0.05) is 29.2 Å². The fourth-order valence-electron chi connectivity index (χ4n) is 2.96. The molecule has 4 rings (SSSR count). The summed E-state index contributed by atoms with van der Waals surface area (Å²) in [7, 11) is 0. The van der Waals surface area contributed by atoms with Gasteiger partial charge in [0.15, 0.2) is 5.16 Å². The molecule has 2 aromatic carbocycles. The molecule has 0 saturated heterocycles. The van der Waals surface area contributed by atoms with E-state index in [0.717, 1.165) is 33.7 Å². The smallest absolute Gasteiger partial charge is 0.171 e. The predicted molar refractivity (Wildman–Crippen MR) is 103 cm³/mol. The fourth-order valence-corrected chi connectivity index (χ4v) is 3.70. The summed E-state index contributed by atoms with van der Waals surface area (Å²) < 4.78 is 2.20. The molecule has 0 amide bonds. The Balaban J connectivity index is 1.72. The monoisotopic (exact) mass is 344 g/mol. The van der Waals surface area contributed by atoms with E-state index in [0.29, 0.717) is 4.91 Å². The van der Waals surface area contributed by atoms with E-state index in [1.807, 2.05) is 42.5 Å². The van der Waals surface area contributed by atoms with Crippen LogP contribution in [0.5, 0.6) is 0 Å². The Morgan fingerprint density at radius 1 is 1.24 bits per heavy atom. The molecule has 2 aromatic heterocycles. The van der Waals surface area contributed by atoms with Crippen molar-refractivity contribution < 1.29 is 0 Å². The van der Waals surface area contributed by atoms with E-state index in [2.05, 4.69) is 45.9 Å². The summed E-state index contributed by atoms with van der Waals surface area (Å²) in [6.45, 7) is 3.02. The lowest BCUT2D eigenvalue weighted by Crippen LogP contribution is -1.89. The Labute approximate surface area is 149 Å². The van der Waals surface area contributed by atoms with Crippen molar-refractivity contribution in [3.8, 4) is 6.07 Å². The summed E-state index contributed by atoms with van der Waals surface area (Å²) in [5.74, 6) is 0. The van der Waals surface area contributed by atoms with Gasteiger partial charge in [-0.15, -0.1) is 0 Å². The number of hydrogen-bond acceptors (Lipinski definition) is 3. The molecule has 122 valence electrons. The third kappa shape index (κ3) is 2.92. The van der Waals surface area contributed by atoms with Crippen LogP contribution in [0.25, 0.3) is 28.0 Å². The number of aromatic amines is 1. The van der Waals surface area contributed by atoms with Gasteiger partial charge in [-0.2, -0.15) is 5.26 Å². The number of imidazole rings is 1. The maximum absolute atomic E-state index is 9.57. The molecule has 2 heterocycles. The van der Waals surface area contributed by atoms with Crippen molar-refractivity contribution in [1.82, 2.24) is 14.5 Å². The molecule has 0 spiro atoms. The van der Waals surface area contributed by atoms with Crippen LogP contribution in [0.15, 0.2) is 64.8 Å². The molecular weight excluding hydrogens is 328 g/mol. The number of para-hydroxylation sites is 3. The van der Waals surface area contributed by atoms with Crippen LogP contribution in [0.1, 0.15) is 12.5 Å². The number of nitriles is 1. The van der Waals surface area contributed by atoms with Gasteiger partial charge in [-0.1, -0.05) is 30.3 Å². The number of benzene rings is 2. The first-order chi connectivity index (χ1) is 12.3. The minimum absolute atomic E-state index is 0.609. The molecule has 4 nitrogen and oxygen atoms in total. The van der Waals surface area contributed by atoms with Gasteiger partial charge in [-0.05, 0) is 43.0 Å². The lowest BCUT2D eigenvalue weighted by atomic mass is 10.1. The van der Waals surface area contributed by atoms with E-state index in [1.54, 1.807) is 0 Å². The average molecular weight is 344 g/mol.